The van der Waals surface area contributed by atoms with Crippen molar-refractivity contribution in [3.8, 4) is 0 Å². The standard InChI is InChI=1S/C19H24N2O/c1-3-4-5-6-15-9-12-17(20)18(13-15)21-19(22)16-10-7-14(2)8-11-16/h7-13H,3-6,20H2,1-2H3,(H,21,22). The van der Waals surface area contributed by atoms with Gasteiger partial charge < -0.3 is 11.1 Å². The van der Waals surface area contributed by atoms with E-state index in [0.717, 1.165) is 18.4 Å². The zero-order chi connectivity index (χ0) is 15.9. The third-order valence-corrected chi connectivity index (χ3v) is 3.75. The molecule has 22 heavy (non-hydrogen) atoms. The number of hydrogen-bond acceptors (Lipinski definition) is 2. The minimum absolute atomic E-state index is 0.127. The van der Waals surface area contributed by atoms with E-state index in [1.807, 2.05) is 49.4 Å². The summed E-state index contributed by atoms with van der Waals surface area (Å²) < 4.78 is 0. The van der Waals surface area contributed by atoms with Crippen LogP contribution in [0.2, 0.25) is 0 Å². The van der Waals surface area contributed by atoms with Crippen molar-refractivity contribution < 1.29 is 4.79 Å². The van der Waals surface area contributed by atoms with E-state index in [9.17, 15) is 4.79 Å². The fourth-order valence-electron chi connectivity index (χ4n) is 2.35. The quantitative estimate of drug-likeness (QED) is 0.606. The number of anilines is 2. The highest BCUT2D eigenvalue weighted by Gasteiger charge is 2.08. The van der Waals surface area contributed by atoms with E-state index in [4.69, 9.17) is 5.73 Å². The molecule has 0 aliphatic heterocycles. The monoisotopic (exact) mass is 296 g/mol. The van der Waals surface area contributed by atoms with Crippen LogP contribution in [0.25, 0.3) is 0 Å². The molecule has 0 heterocycles. The topological polar surface area (TPSA) is 55.1 Å². The summed E-state index contributed by atoms with van der Waals surface area (Å²) in [5.41, 5.74) is 10.3. The fraction of sp³-hybridized carbons (Fsp3) is 0.316. The minimum Gasteiger partial charge on any atom is -0.397 e. The second-order valence-electron chi connectivity index (χ2n) is 5.70. The van der Waals surface area contributed by atoms with Crippen molar-refractivity contribution in [1.82, 2.24) is 0 Å². The van der Waals surface area contributed by atoms with Gasteiger partial charge in [0.1, 0.15) is 0 Å². The summed E-state index contributed by atoms with van der Waals surface area (Å²) in [7, 11) is 0. The number of nitrogens with one attached hydrogen (secondary N) is 1. The van der Waals surface area contributed by atoms with Crippen molar-refractivity contribution in [1.29, 1.82) is 0 Å². The summed E-state index contributed by atoms with van der Waals surface area (Å²) in [6.45, 7) is 4.19. The van der Waals surface area contributed by atoms with Crippen molar-refractivity contribution in [2.24, 2.45) is 0 Å². The number of nitrogen functional groups attached to an aromatic ring is 1. The molecule has 0 bridgehead atoms. The first-order valence-electron chi connectivity index (χ1n) is 7.86. The summed E-state index contributed by atoms with van der Waals surface area (Å²) in [6, 6.07) is 13.4. The van der Waals surface area contributed by atoms with Crippen LogP contribution in [0.5, 0.6) is 0 Å². The number of carbonyl (C=O) groups is 1. The lowest BCUT2D eigenvalue weighted by Crippen LogP contribution is -2.13. The zero-order valence-corrected chi connectivity index (χ0v) is 13.4. The minimum atomic E-state index is -0.127. The molecule has 0 spiro atoms. The van der Waals surface area contributed by atoms with Gasteiger partial charge in [0, 0.05) is 5.56 Å². The number of unbranched alkanes of at least 4 members (excludes halogenated alkanes) is 2. The van der Waals surface area contributed by atoms with Gasteiger partial charge in [-0.15, -0.1) is 0 Å². The number of carbonyl (C=O) groups excluding carboxylic acids is 1. The molecule has 0 unspecified atom stereocenters. The predicted molar refractivity (Wildman–Crippen MR) is 93.2 cm³/mol. The molecule has 0 atom stereocenters. The number of rotatable bonds is 6. The molecule has 2 aromatic carbocycles. The normalized spacial score (nSPS) is 10.5. The van der Waals surface area contributed by atoms with Crippen LogP contribution in [0.4, 0.5) is 11.4 Å². The van der Waals surface area contributed by atoms with Gasteiger partial charge in [-0.25, -0.2) is 0 Å². The van der Waals surface area contributed by atoms with Gasteiger partial charge in [-0.2, -0.15) is 0 Å². The molecule has 0 saturated carbocycles. The maximum Gasteiger partial charge on any atom is 0.255 e. The number of amides is 1. The van der Waals surface area contributed by atoms with E-state index >= 15 is 0 Å². The van der Waals surface area contributed by atoms with Crippen LogP contribution in [-0.2, 0) is 6.42 Å². The molecule has 1 amide bonds. The van der Waals surface area contributed by atoms with Crippen LogP contribution >= 0.6 is 0 Å². The Morgan fingerprint density at radius 1 is 1.09 bits per heavy atom. The molecule has 0 saturated heterocycles. The third kappa shape index (κ3) is 4.35. The molecular weight excluding hydrogens is 272 g/mol. The smallest absolute Gasteiger partial charge is 0.255 e. The Morgan fingerprint density at radius 2 is 1.82 bits per heavy atom. The van der Waals surface area contributed by atoms with Gasteiger partial charge in [0.15, 0.2) is 0 Å². The summed E-state index contributed by atoms with van der Waals surface area (Å²) in [5, 5.41) is 2.91. The highest BCUT2D eigenvalue weighted by atomic mass is 16.1. The molecule has 0 aromatic heterocycles. The molecule has 116 valence electrons. The van der Waals surface area contributed by atoms with Crippen LogP contribution in [-0.4, -0.2) is 5.91 Å². The number of benzene rings is 2. The highest BCUT2D eigenvalue weighted by Crippen LogP contribution is 2.22. The van der Waals surface area contributed by atoms with Gasteiger partial charge in [-0.3, -0.25) is 4.79 Å². The Hall–Kier alpha value is -2.29. The van der Waals surface area contributed by atoms with Crippen LogP contribution in [0.3, 0.4) is 0 Å². The van der Waals surface area contributed by atoms with Crippen molar-refractivity contribution in [2.75, 3.05) is 11.1 Å². The van der Waals surface area contributed by atoms with Crippen LogP contribution < -0.4 is 11.1 Å². The Kier molecular flexibility index (Phi) is 5.59. The molecular formula is C19H24N2O. The van der Waals surface area contributed by atoms with E-state index < -0.39 is 0 Å². The van der Waals surface area contributed by atoms with Gasteiger partial charge in [0.05, 0.1) is 11.4 Å². The lowest BCUT2D eigenvalue weighted by atomic mass is 10.1. The van der Waals surface area contributed by atoms with Gasteiger partial charge in [0.2, 0.25) is 0 Å². The van der Waals surface area contributed by atoms with Crippen molar-refractivity contribution >= 4 is 17.3 Å². The largest absolute Gasteiger partial charge is 0.397 e. The lowest BCUT2D eigenvalue weighted by Gasteiger charge is -2.11. The summed E-state index contributed by atoms with van der Waals surface area (Å²) in [5.74, 6) is -0.127. The maximum absolute atomic E-state index is 12.3. The molecule has 0 radical (unpaired) electrons. The molecule has 3 nitrogen and oxygen atoms in total. The molecule has 0 fully saturated rings. The second kappa shape index (κ2) is 7.64. The fourth-order valence-corrected chi connectivity index (χ4v) is 2.35. The Balaban J connectivity index is 2.09. The Labute approximate surface area is 132 Å². The third-order valence-electron chi connectivity index (χ3n) is 3.75. The average molecular weight is 296 g/mol. The van der Waals surface area contributed by atoms with Crippen LogP contribution in [0.15, 0.2) is 42.5 Å². The van der Waals surface area contributed by atoms with Crippen LogP contribution in [0.1, 0.15) is 47.7 Å². The lowest BCUT2D eigenvalue weighted by molar-refractivity contribution is 0.102. The van der Waals surface area contributed by atoms with Gasteiger partial charge in [0.25, 0.3) is 5.91 Å². The molecule has 0 aliphatic carbocycles. The number of aryl methyl sites for hydroxylation is 2. The van der Waals surface area contributed by atoms with Crippen LogP contribution in [0, 0.1) is 6.92 Å². The Bertz CT molecular complexity index is 632. The first-order valence-corrected chi connectivity index (χ1v) is 7.86. The predicted octanol–water partition coefficient (Wildman–Crippen LogP) is 4.56. The average Bonchev–Trinajstić information content (AvgIpc) is 2.51. The van der Waals surface area contributed by atoms with Gasteiger partial charge in [-0.05, 0) is 49.6 Å². The molecule has 2 aromatic rings. The highest BCUT2D eigenvalue weighted by molar-refractivity contribution is 6.05. The van der Waals surface area contributed by atoms with E-state index in [0.29, 0.717) is 16.9 Å². The van der Waals surface area contributed by atoms with Crippen molar-refractivity contribution in [3.05, 3.63) is 59.2 Å². The summed E-state index contributed by atoms with van der Waals surface area (Å²) >= 11 is 0. The molecule has 0 aliphatic rings. The maximum atomic E-state index is 12.3. The van der Waals surface area contributed by atoms with Crippen molar-refractivity contribution in [2.45, 2.75) is 39.5 Å². The van der Waals surface area contributed by atoms with Gasteiger partial charge >= 0.3 is 0 Å². The van der Waals surface area contributed by atoms with E-state index in [2.05, 4.69) is 12.2 Å². The number of hydrogen-bond donors (Lipinski definition) is 2. The first-order chi connectivity index (χ1) is 10.6. The van der Waals surface area contributed by atoms with Crippen molar-refractivity contribution in [3.63, 3.8) is 0 Å². The SMILES string of the molecule is CCCCCc1ccc(N)c(NC(=O)c2ccc(C)cc2)c1. The Morgan fingerprint density at radius 3 is 2.50 bits per heavy atom. The van der Waals surface area contributed by atoms with Gasteiger partial charge in [-0.1, -0.05) is 43.5 Å². The molecule has 3 N–H and O–H groups in total. The zero-order valence-electron chi connectivity index (χ0n) is 13.4. The van der Waals surface area contributed by atoms with E-state index in [1.165, 1.54) is 18.4 Å². The second-order valence-corrected chi connectivity index (χ2v) is 5.70. The van der Waals surface area contributed by atoms with E-state index in [-0.39, 0.29) is 5.91 Å². The number of nitrogens with two attached hydrogens (primary N) is 1. The summed E-state index contributed by atoms with van der Waals surface area (Å²) in [4.78, 5) is 12.3. The van der Waals surface area contributed by atoms with E-state index in [1.54, 1.807) is 0 Å². The molecule has 3 heteroatoms. The molecule has 2 rings (SSSR count). The first kappa shape index (κ1) is 16.1. The summed E-state index contributed by atoms with van der Waals surface area (Å²) in [6.07, 6.45) is 4.59.